The fourth-order valence-electron chi connectivity index (χ4n) is 2.75. The average Bonchev–Trinajstić information content (AvgIpc) is 3.05. The Balaban J connectivity index is 2.06. The van der Waals surface area contributed by atoms with Crippen molar-refractivity contribution in [3.05, 3.63) is 47.5 Å². The molecule has 0 aliphatic heterocycles. The highest BCUT2D eigenvalue weighted by molar-refractivity contribution is 5.49. The Labute approximate surface area is 157 Å². The SMILES string of the molecule is COc1cc(N[C@H](c2ccc(C(F)(F)F)c(F)c2)C(C)(C)O)n2ncnc2n1. The Morgan fingerprint density at radius 1 is 1.21 bits per heavy atom. The molecule has 150 valence electrons. The fourth-order valence-corrected chi connectivity index (χ4v) is 2.75. The molecule has 0 bridgehead atoms. The molecule has 0 unspecified atom stereocenters. The van der Waals surface area contributed by atoms with E-state index in [1.54, 1.807) is 0 Å². The Bertz CT molecular complexity index is 997. The van der Waals surface area contributed by atoms with Crippen molar-refractivity contribution in [1.29, 1.82) is 0 Å². The van der Waals surface area contributed by atoms with Crippen molar-refractivity contribution in [2.24, 2.45) is 0 Å². The maximum absolute atomic E-state index is 14.1. The molecule has 28 heavy (non-hydrogen) atoms. The van der Waals surface area contributed by atoms with Crippen molar-refractivity contribution in [3.63, 3.8) is 0 Å². The number of halogens is 4. The zero-order valence-electron chi connectivity index (χ0n) is 15.1. The smallest absolute Gasteiger partial charge is 0.419 e. The lowest BCUT2D eigenvalue weighted by atomic mass is 9.91. The third-order valence-electron chi connectivity index (χ3n) is 4.07. The highest BCUT2D eigenvalue weighted by Crippen LogP contribution is 2.35. The largest absolute Gasteiger partial charge is 0.481 e. The van der Waals surface area contributed by atoms with E-state index in [0.29, 0.717) is 11.9 Å². The van der Waals surface area contributed by atoms with E-state index in [2.05, 4.69) is 20.4 Å². The van der Waals surface area contributed by atoms with Crippen LogP contribution in [0.3, 0.4) is 0 Å². The summed E-state index contributed by atoms with van der Waals surface area (Å²) in [5.41, 5.74) is -2.74. The van der Waals surface area contributed by atoms with Gasteiger partial charge in [0, 0.05) is 6.07 Å². The second-order valence-corrected chi connectivity index (χ2v) is 6.62. The number of aromatic nitrogens is 4. The number of nitrogens with one attached hydrogen (secondary N) is 1. The number of methoxy groups -OCH3 is 1. The number of nitrogens with zero attached hydrogens (tertiary/aromatic N) is 4. The number of aliphatic hydroxyl groups is 1. The van der Waals surface area contributed by atoms with Gasteiger partial charge in [-0.15, -0.1) is 0 Å². The summed E-state index contributed by atoms with van der Waals surface area (Å²) in [6.07, 6.45) is -3.56. The van der Waals surface area contributed by atoms with Crippen LogP contribution in [0.5, 0.6) is 5.88 Å². The Hall–Kier alpha value is -2.95. The summed E-state index contributed by atoms with van der Waals surface area (Å²) in [5.74, 6) is -0.725. The molecule has 7 nitrogen and oxygen atoms in total. The van der Waals surface area contributed by atoms with Crippen molar-refractivity contribution in [2.75, 3.05) is 12.4 Å². The number of alkyl halides is 3. The second-order valence-electron chi connectivity index (χ2n) is 6.62. The summed E-state index contributed by atoms with van der Waals surface area (Å²) < 4.78 is 59.0. The van der Waals surface area contributed by atoms with Gasteiger partial charge >= 0.3 is 6.18 Å². The topological polar surface area (TPSA) is 84.6 Å². The fraction of sp³-hybridized carbons (Fsp3) is 0.353. The number of ether oxygens (including phenoxy) is 1. The van der Waals surface area contributed by atoms with E-state index in [9.17, 15) is 22.7 Å². The van der Waals surface area contributed by atoms with Gasteiger partial charge in [0.1, 0.15) is 18.0 Å². The van der Waals surface area contributed by atoms with Gasteiger partial charge in [-0.1, -0.05) is 6.07 Å². The molecule has 0 fully saturated rings. The summed E-state index contributed by atoms with van der Waals surface area (Å²) in [5, 5.41) is 17.5. The number of anilines is 1. The van der Waals surface area contributed by atoms with Crippen molar-refractivity contribution in [1.82, 2.24) is 19.6 Å². The van der Waals surface area contributed by atoms with E-state index in [0.717, 1.165) is 12.1 Å². The normalized spacial score (nSPS) is 13.6. The van der Waals surface area contributed by atoms with E-state index in [1.807, 2.05) is 0 Å². The van der Waals surface area contributed by atoms with Crippen molar-refractivity contribution in [2.45, 2.75) is 31.7 Å². The molecule has 0 aliphatic rings. The number of fused-ring (bicyclic) bond motifs is 1. The highest BCUT2D eigenvalue weighted by atomic mass is 19.4. The van der Waals surface area contributed by atoms with Crippen LogP contribution >= 0.6 is 0 Å². The quantitative estimate of drug-likeness (QED) is 0.641. The van der Waals surface area contributed by atoms with E-state index in [4.69, 9.17) is 4.74 Å². The molecule has 0 aliphatic carbocycles. The van der Waals surface area contributed by atoms with Gasteiger partial charge in [0.05, 0.1) is 24.3 Å². The van der Waals surface area contributed by atoms with E-state index in [1.165, 1.54) is 37.9 Å². The first-order valence-electron chi connectivity index (χ1n) is 8.11. The van der Waals surface area contributed by atoms with Crippen LogP contribution in [0.25, 0.3) is 5.78 Å². The van der Waals surface area contributed by atoms with Crippen LogP contribution < -0.4 is 10.1 Å². The molecule has 0 amide bonds. The van der Waals surface area contributed by atoms with Gasteiger partial charge in [0.15, 0.2) is 0 Å². The average molecular weight is 399 g/mol. The standard InChI is InChI=1S/C17H17F4N5O2/c1-16(2,27)14(9-4-5-10(11(18)6-9)17(19,20)21)24-12-7-13(28-3)25-15-22-8-23-26(12)15/h4-8,14,24,27H,1-3H3/t14-/m1/s1. The molecule has 1 aromatic carbocycles. The minimum Gasteiger partial charge on any atom is -0.481 e. The highest BCUT2D eigenvalue weighted by Gasteiger charge is 2.36. The molecule has 2 aromatic heterocycles. The maximum Gasteiger partial charge on any atom is 0.419 e. The third-order valence-corrected chi connectivity index (χ3v) is 4.07. The summed E-state index contributed by atoms with van der Waals surface area (Å²) in [6, 6.07) is 2.99. The van der Waals surface area contributed by atoms with E-state index in [-0.39, 0.29) is 17.2 Å². The van der Waals surface area contributed by atoms with Crippen molar-refractivity contribution >= 4 is 11.6 Å². The maximum atomic E-state index is 14.1. The minimum atomic E-state index is -4.81. The summed E-state index contributed by atoms with van der Waals surface area (Å²) >= 11 is 0. The molecule has 2 N–H and O–H groups in total. The first-order valence-corrected chi connectivity index (χ1v) is 8.11. The first kappa shape index (κ1) is 19.8. The monoisotopic (exact) mass is 399 g/mol. The first-order chi connectivity index (χ1) is 13.0. The van der Waals surface area contributed by atoms with Gasteiger partial charge in [0.2, 0.25) is 5.88 Å². The molecule has 11 heteroatoms. The predicted molar refractivity (Wildman–Crippen MR) is 91.4 cm³/mol. The minimum absolute atomic E-state index is 0.113. The van der Waals surface area contributed by atoms with Gasteiger partial charge in [-0.05, 0) is 31.5 Å². The second kappa shape index (κ2) is 6.89. The number of rotatable bonds is 5. The van der Waals surface area contributed by atoms with Gasteiger partial charge in [-0.25, -0.2) is 4.39 Å². The zero-order chi connectivity index (χ0) is 20.7. The van der Waals surface area contributed by atoms with Crippen molar-refractivity contribution < 1.29 is 27.4 Å². The van der Waals surface area contributed by atoms with Gasteiger partial charge in [-0.3, -0.25) is 0 Å². The summed E-state index contributed by atoms with van der Waals surface area (Å²) in [7, 11) is 1.40. The Kier molecular flexibility index (Phi) is 4.88. The molecule has 3 rings (SSSR count). The predicted octanol–water partition coefficient (Wildman–Crippen LogP) is 3.21. The number of hydrogen-bond acceptors (Lipinski definition) is 6. The van der Waals surface area contributed by atoms with Crippen LogP contribution in [0.15, 0.2) is 30.6 Å². The molecule has 2 heterocycles. The number of benzene rings is 1. The van der Waals surface area contributed by atoms with Crippen molar-refractivity contribution in [3.8, 4) is 5.88 Å². The molecule has 0 radical (unpaired) electrons. The summed E-state index contributed by atoms with van der Waals surface area (Å²) in [4.78, 5) is 8.05. The van der Waals surface area contributed by atoms with Crippen LogP contribution in [0.1, 0.15) is 31.0 Å². The van der Waals surface area contributed by atoms with E-state index >= 15 is 0 Å². The molecule has 3 aromatic rings. The molecular weight excluding hydrogens is 382 g/mol. The third kappa shape index (κ3) is 3.84. The lowest BCUT2D eigenvalue weighted by molar-refractivity contribution is -0.140. The molecule has 0 saturated carbocycles. The van der Waals surface area contributed by atoms with Gasteiger partial charge in [0.25, 0.3) is 5.78 Å². The molecule has 1 atom stereocenters. The van der Waals surface area contributed by atoms with Crippen LogP contribution in [0, 0.1) is 5.82 Å². The van der Waals surface area contributed by atoms with Crippen LogP contribution in [-0.4, -0.2) is 37.4 Å². The Morgan fingerprint density at radius 2 is 1.93 bits per heavy atom. The molecule has 0 spiro atoms. The van der Waals surface area contributed by atoms with Gasteiger partial charge < -0.3 is 15.2 Å². The lowest BCUT2D eigenvalue weighted by Crippen LogP contribution is -2.35. The number of hydrogen-bond donors (Lipinski definition) is 2. The van der Waals surface area contributed by atoms with Crippen LogP contribution in [0.4, 0.5) is 23.4 Å². The lowest BCUT2D eigenvalue weighted by Gasteiger charge is -2.31. The Morgan fingerprint density at radius 3 is 2.50 bits per heavy atom. The van der Waals surface area contributed by atoms with Crippen LogP contribution in [0.2, 0.25) is 0 Å². The van der Waals surface area contributed by atoms with Crippen LogP contribution in [-0.2, 0) is 6.18 Å². The molecular formula is C17H17F4N5O2. The van der Waals surface area contributed by atoms with E-state index < -0.39 is 29.2 Å². The summed E-state index contributed by atoms with van der Waals surface area (Å²) in [6.45, 7) is 2.88. The van der Waals surface area contributed by atoms with Gasteiger partial charge in [-0.2, -0.15) is 32.8 Å². The zero-order valence-corrected chi connectivity index (χ0v) is 15.1. The molecule has 0 saturated heterocycles.